The third kappa shape index (κ3) is 3.38. The van der Waals surface area contributed by atoms with Gasteiger partial charge >= 0.3 is 0 Å². The highest BCUT2D eigenvalue weighted by atomic mass is 35.5. The van der Waals surface area contributed by atoms with Gasteiger partial charge in [-0.1, -0.05) is 17.7 Å². The van der Waals surface area contributed by atoms with Crippen LogP contribution in [-0.2, 0) is 5.75 Å². The molecule has 0 fully saturated rings. The molecule has 0 saturated carbocycles. The Morgan fingerprint density at radius 2 is 2.12 bits per heavy atom. The van der Waals surface area contributed by atoms with Gasteiger partial charge in [0.05, 0.1) is 0 Å². The van der Waals surface area contributed by atoms with Gasteiger partial charge in [0.15, 0.2) is 0 Å². The quantitative estimate of drug-likeness (QED) is 0.519. The van der Waals surface area contributed by atoms with E-state index in [1.54, 1.807) is 11.8 Å². The summed E-state index contributed by atoms with van der Waals surface area (Å²) in [6.07, 6.45) is 1.81. The largest absolute Gasteiger partial charge is 0.399 e. The topological polar surface area (TPSA) is 38.9 Å². The van der Waals surface area contributed by atoms with Gasteiger partial charge in [-0.3, -0.25) is 0 Å². The molecule has 1 aromatic heterocycles. The summed E-state index contributed by atoms with van der Waals surface area (Å²) >= 11 is 7.52. The van der Waals surface area contributed by atoms with E-state index in [0.717, 1.165) is 17.0 Å². The van der Waals surface area contributed by atoms with E-state index in [-0.39, 0.29) is 0 Å². The van der Waals surface area contributed by atoms with Crippen molar-refractivity contribution >= 4 is 29.1 Å². The molecule has 2 rings (SSSR count). The predicted octanol–water partition coefficient (Wildman–Crippen LogP) is 3.92. The number of nitrogens with zero attached hydrogens (tertiary/aromatic N) is 1. The molecule has 0 saturated heterocycles. The molecule has 4 heteroatoms. The van der Waals surface area contributed by atoms with Crippen molar-refractivity contribution in [3.8, 4) is 0 Å². The van der Waals surface area contributed by atoms with Gasteiger partial charge < -0.3 is 5.73 Å². The van der Waals surface area contributed by atoms with Gasteiger partial charge in [-0.2, -0.15) is 0 Å². The maximum atomic E-state index is 5.74. The monoisotopic (exact) mass is 264 g/mol. The molecule has 0 unspecified atom stereocenters. The Hall–Kier alpha value is -1.19. The molecule has 2 nitrogen and oxygen atoms in total. The number of aromatic nitrogens is 1. The number of benzene rings is 1. The zero-order valence-electron chi connectivity index (χ0n) is 9.48. The second kappa shape index (κ2) is 5.43. The van der Waals surface area contributed by atoms with Gasteiger partial charge in [0, 0.05) is 22.5 Å². The van der Waals surface area contributed by atoms with Crippen molar-refractivity contribution < 1.29 is 0 Å². The van der Waals surface area contributed by atoms with Crippen molar-refractivity contribution in [1.82, 2.24) is 4.98 Å². The summed E-state index contributed by atoms with van der Waals surface area (Å²) in [4.78, 5) is 5.30. The van der Waals surface area contributed by atoms with Crippen LogP contribution in [-0.4, -0.2) is 4.98 Å². The molecule has 88 valence electrons. The normalized spacial score (nSPS) is 10.5. The average Bonchev–Trinajstić information content (AvgIpc) is 2.30. The maximum absolute atomic E-state index is 5.74. The van der Waals surface area contributed by atoms with Gasteiger partial charge in [0.2, 0.25) is 0 Å². The van der Waals surface area contributed by atoms with Crippen molar-refractivity contribution in [2.24, 2.45) is 0 Å². The van der Waals surface area contributed by atoms with Crippen LogP contribution in [0.4, 0.5) is 5.69 Å². The molecular weight excluding hydrogens is 252 g/mol. The van der Waals surface area contributed by atoms with Crippen LogP contribution < -0.4 is 5.73 Å². The minimum absolute atomic E-state index is 0.530. The number of nitrogens with two attached hydrogens (primary N) is 1. The SMILES string of the molecule is Cc1cc(N)ccc1SCc1ccc(Cl)nc1. The number of thioether (sulfide) groups is 1. The lowest BCUT2D eigenvalue weighted by Gasteiger charge is -2.06. The zero-order chi connectivity index (χ0) is 12.3. The summed E-state index contributed by atoms with van der Waals surface area (Å²) in [6.45, 7) is 2.07. The van der Waals surface area contributed by atoms with Gasteiger partial charge in [-0.15, -0.1) is 11.8 Å². The van der Waals surface area contributed by atoms with Crippen molar-refractivity contribution in [2.45, 2.75) is 17.6 Å². The third-order valence-electron chi connectivity index (χ3n) is 2.38. The Labute approximate surface area is 110 Å². The fourth-order valence-electron chi connectivity index (χ4n) is 1.49. The standard InChI is InChI=1S/C13H13ClN2S/c1-9-6-11(15)3-4-12(9)17-8-10-2-5-13(14)16-7-10/h2-7H,8,15H2,1H3. The molecule has 1 heterocycles. The van der Waals surface area contributed by atoms with Crippen LogP contribution in [0.5, 0.6) is 0 Å². The van der Waals surface area contributed by atoms with Crippen LogP contribution in [0.25, 0.3) is 0 Å². The second-order valence-corrected chi connectivity index (χ2v) is 5.21. The van der Waals surface area contributed by atoms with Crippen LogP contribution >= 0.6 is 23.4 Å². The molecule has 2 N–H and O–H groups in total. The molecule has 0 aliphatic carbocycles. The average molecular weight is 265 g/mol. The highest BCUT2D eigenvalue weighted by Crippen LogP contribution is 2.27. The number of hydrogen-bond acceptors (Lipinski definition) is 3. The van der Waals surface area contributed by atoms with Crippen LogP contribution in [0, 0.1) is 6.92 Å². The maximum Gasteiger partial charge on any atom is 0.129 e. The van der Waals surface area contributed by atoms with Crippen LogP contribution in [0.2, 0.25) is 5.15 Å². The number of rotatable bonds is 3. The summed E-state index contributed by atoms with van der Waals surface area (Å²) in [5.74, 6) is 0.884. The molecule has 2 aromatic rings. The van der Waals surface area contributed by atoms with E-state index < -0.39 is 0 Å². The van der Waals surface area contributed by atoms with E-state index in [0.29, 0.717) is 5.15 Å². The number of aryl methyl sites for hydroxylation is 1. The Morgan fingerprint density at radius 3 is 2.76 bits per heavy atom. The van der Waals surface area contributed by atoms with Crippen LogP contribution in [0.15, 0.2) is 41.4 Å². The van der Waals surface area contributed by atoms with E-state index >= 15 is 0 Å². The number of nitrogen functional groups attached to an aromatic ring is 1. The van der Waals surface area contributed by atoms with Gasteiger partial charge in [0.25, 0.3) is 0 Å². The molecule has 0 aliphatic rings. The molecule has 0 aliphatic heterocycles. The van der Waals surface area contributed by atoms with Crippen molar-refractivity contribution in [3.05, 3.63) is 52.8 Å². The first kappa shape index (κ1) is 12.3. The molecule has 17 heavy (non-hydrogen) atoms. The molecule has 1 aromatic carbocycles. The highest BCUT2D eigenvalue weighted by Gasteiger charge is 2.01. The summed E-state index contributed by atoms with van der Waals surface area (Å²) in [6, 6.07) is 9.78. The van der Waals surface area contributed by atoms with Crippen LogP contribution in [0.3, 0.4) is 0 Å². The first-order chi connectivity index (χ1) is 8.15. The zero-order valence-corrected chi connectivity index (χ0v) is 11.1. The fraction of sp³-hybridized carbons (Fsp3) is 0.154. The molecule has 0 bridgehead atoms. The first-order valence-corrected chi connectivity index (χ1v) is 6.61. The summed E-state index contributed by atoms with van der Waals surface area (Å²) in [5.41, 5.74) is 8.89. The molecule has 0 radical (unpaired) electrons. The van der Waals surface area contributed by atoms with E-state index in [1.165, 1.54) is 10.5 Å². The molecule has 0 atom stereocenters. The molecular formula is C13H13ClN2S. The van der Waals surface area contributed by atoms with Gasteiger partial charge in [0.1, 0.15) is 5.15 Å². The Kier molecular flexibility index (Phi) is 3.92. The lowest BCUT2D eigenvalue weighted by Crippen LogP contribution is -1.88. The van der Waals surface area contributed by atoms with E-state index in [1.807, 2.05) is 30.5 Å². The van der Waals surface area contributed by atoms with E-state index in [2.05, 4.69) is 18.0 Å². The third-order valence-corrected chi connectivity index (χ3v) is 3.85. The van der Waals surface area contributed by atoms with E-state index in [4.69, 9.17) is 17.3 Å². The Bertz CT molecular complexity index is 511. The lowest BCUT2D eigenvalue weighted by molar-refractivity contribution is 1.24. The van der Waals surface area contributed by atoms with Crippen molar-refractivity contribution in [3.63, 3.8) is 0 Å². The van der Waals surface area contributed by atoms with Gasteiger partial charge in [-0.05, 0) is 42.3 Å². The summed E-state index contributed by atoms with van der Waals surface area (Å²) in [7, 11) is 0. The minimum Gasteiger partial charge on any atom is -0.399 e. The van der Waals surface area contributed by atoms with Crippen molar-refractivity contribution in [1.29, 1.82) is 0 Å². The Morgan fingerprint density at radius 1 is 1.29 bits per heavy atom. The van der Waals surface area contributed by atoms with Crippen LogP contribution in [0.1, 0.15) is 11.1 Å². The highest BCUT2D eigenvalue weighted by molar-refractivity contribution is 7.98. The number of hydrogen-bond donors (Lipinski definition) is 1. The summed E-state index contributed by atoms with van der Waals surface area (Å²) < 4.78 is 0. The second-order valence-electron chi connectivity index (χ2n) is 3.80. The van der Waals surface area contributed by atoms with E-state index in [9.17, 15) is 0 Å². The number of halogens is 1. The minimum atomic E-state index is 0.530. The summed E-state index contributed by atoms with van der Waals surface area (Å²) in [5, 5.41) is 0.530. The predicted molar refractivity (Wildman–Crippen MR) is 74.4 cm³/mol. The Balaban J connectivity index is 2.04. The van der Waals surface area contributed by atoms with Gasteiger partial charge in [-0.25, -0.2) is 4.98 Å². The fourth-order valence-corrected chi connectivity index (χ4v) is 2.54. The molecule has 0 amide bonds. The first-order valence-electron chi connectivity index (χ1n) is 5.24. The number of anilines is 1. The van der Waals surface area contributed by atoms with Crippen molar-refractivity contribution in [2.75, 3.05) is 5.73 Å². The lowest BCUT2D eigenvalue weighted by atomic mass is 10.2. The molecule has 0 spiro atoms. The smallest absolute Gasteiger partial charge is 0.129 e. The number of pyridine rings is 1.